The maximum atomic E-state index is 12.3. The first-order valence-electron chi connectivity index (χ1n) is 7.32. The van der Waals surface area contributed by atoms with Crippen molar-refractivity contribution in [3.8, 4) is 0 Å². The van der Waals surface area contributed by atoms with E-state index in [0.29, 0.717) is 13.1 Å². The quantitative estimate of drug-likeness (QED) is 0.689. The van der Waals surface area contributed by atoms with E-state index < -0.39 is 5.97 Å². The molecule has 0 unspecified atom stereocenters. The standard InChI is InChI=1S/C15H26N2O3/c1-4-16(9-12(2)3)14(18)10-17(11-15(19)20)13-7-5-6-8-13/h13H,2,4-11H2,1,3H3,(H,19,20). The number of amides is 1. The molecule has 0 aromatic carbocycles. The molecule has 1 saturated carbocycles. The lowest BCUT2D eigenvalue weighted by Gasteiger charge is -2.29. The molecule has 0 aromatic rings. The Kier molecular flexibility index (Phi) is 6.71. The fraction of sp³-hybridized carbons (Fsp3) is 0.733. The summed E-state index contributed by atoms with van der Waals surface area (Å²) in [5.74, 6) is -0.878. The summed E-state index contributed by atoms with van der Waals surface area (Å²) in [4.78, 5) is 26.8. The van der Waals surface area contributed by atoms with Crippen molar-refractivity contribution in [1.82, 2.24) is 9.80 Å². The lowest BCUT2D eigenvalue weighted by atomic mass is 10.2. The van der Waals surface area contributed by atoms with Crippen LogP contribution in [0.3, 0.4) is 0 Å². The summed E-state index contributed by atoms with van der Waals surface area (Å²) in [6.07, 6.45) is 4.23. The third-order valence-corrected chi connectivity index (χ3v) is 3.71. The second kappa shape index (κ2) is 8.04. The van der Waals surface area contributed by atoms with Gasteiger partial charge >= 0.3 is 5.97 Å². The lowest BCUT2D eigenvalue weighted by molar-refractivity contribution is -0.140. The van der Waals surface area contributed by atoms with Gasteiger partial charge in [-0.15, -0.1) is 0 Å². The predicted octanol–water partition coefficient (Wildman–Crippen LogP) is 1.74. The molecule has 0 spiro atoms. The van der Waals surface area contributed by atoms with Gasteiger partial charge in [0.05, 0.1) is 13.1 Å². The van der Waals surface area contributed by atoms with Gasteiger partial charge in [-0.2, -0.15) is 0 Å². The molecule has 5 nitrogen and oxygen atoms in total. The average molecular weight is 282 g/mol. The van der Waals surface area contributed by atoms with Gasteiger partial charge in [0.25, 0.3) is 0 Å². The largest absolute Gasteiger partial charge is 0.480 e. The van der Waals surface area contributed by atoms with Crippen LogP contribution in [0.4, 0.5) is 0 Å². The highest BCUT2D eigenvalue weighted by molar-refractivity contribution is 5.79. The molecule has 0 saturated heterocycles. The average Bonchev–Trinajstić information content (AvgIpc) is 2.87. The molecule has 0 aromatic heterocycles. The number of carbonyl (C=O) groups is 2. The Morgan fingerprint density at radius 2 is 1.80 bits per heavy atom. The fourth-order valence-electron chi connectivity index (χ4n) is 2.73. The molecule has 5 heteroatoms. The summed E-state index contributed by atoms with van der Waals surface area (Å²) in [7, 11) is 0. The van der Waals surface area contributed by atoms with Crippen LogP contribution >= 0.6 is 0 Å². The zero-order valence-electron chi connectivity index (χ0n) is 12.6. The first-order valence-corrected chi connectivity index (χ1v) is 7.32. The van der Waals surface area contributed by atoms with Gasteiger partial charge in [-0.1, -0.05) is 25.0 Å². The summed E-state index contributed by atoms with van der Waals surface area (Å²) < 4.78 is 0. The van der Waals surface area contributed by atoms with Crippen LogP contribution < -0.4 is 0 Å². The molecule has 0 heterocycles. The topological polar surface area (TPSA) is 60.9 Å². The molecular formula is C15H26N2O3. The van der Waals surface area contributed by atoms with E-state index >= 15 is 0 Å². The lowest BCUT2D eigenvalue weighted by Crippen LogP contribution is -2.46. The van der Waals surface area contributed by atoms with Gasteiger partial charge in [-0.05, 0) is 26.7 Å². The SMILES string of the molecule is C=C(C)CN(CC)C(=O)CN(CC(=O)O)C1CCCC1. The monoisotopic (exact) mass is 282 g/mol. The first-order chi connectivity index (χ1) is 9.43. The molecule has 0 aliphatic heterocycles. The minimum absolute atomic E-state index is 0.0105. The van der Waals surface area contributed by atoms with Crippen molar-refractivity contribution in [2.75, 3.05) is 26.2 Å². The highest BCUT2D eigenvalue weighted by Crippen LogP contribution is 2.23. The number of hydrogen-bond donors (Lipinski definition) is 1. The number of carbonyl (C=O) groups excluding carboxylic acids is 1. The smallest absolute Gasteiger partial charge is 0.317 e. The van der Waals surface area contributed by atoms with E-state index in [0.717, 1.165) is 31.3 Å². The molecular weight excluding hydrogens is 256 g/mol. The van der Waals surface area contributed by atoms with Crippen molar-refractivity contribution in [2.24, 2.45) is 0 Å². The Labute approximate surface area is 121 Å². The van der Waals surface area contributed by atoms with Crippen LogP contribution in [0.15, 0.2) is 12.2 Å². The van der Waals surface area contributed by atoms with Crippen LogP contribution in [0, 0.1) is 0 Å². The van der Waals surface area contributed by atoms with Gasteiger partial charge in [0, 0.05) is 19.1 Å². The molecule has 1 rings (SSSR count). The van der Waals surface area contributed by atoms with Crippen molar-refractivity contribution in [3.63, 3.8) is 0 Å². The van der Waals surface area contributed by atoms with Crippen molar-refractivity contribution in [3.05, 3.63) is 12.2 Å². The number of aliphatic carboxylic acids is 1. The van der Waals surface area contributed by atoms with E-state index in [1.165, 1.54) is 0 Å². The van der Waals surface area contributed by atoms with E-state index in [4.69, 9.17) is 5.11 Å². The summed E-state index contributed by atoms with van der Waals surface area (Å²) in [6, 6.07) is 0.235. The third kappa shape index (κ3) is 5.33. The molecule has 1 fully saturated rings. The van der Waals surface area contributed by atoms with E-state index in [-0.39, 0.29) is 25.0 Å². The number of rotatable bonds is 8. The second-order valence-corrected chi connectivity index (χ2v) is 5.60. The molecule has 114 valence electrons. The molecule has 1 aliphatic rings. The molecule has 1 amide bonds. The van der Waals surface area contributed by atoms with Crippen LogP contribution in [0.2, 0.25) is 0 Å². The van der Waals surface area contributed by atoms with Crippen LogP contribution in [-0.4, -0.2) is 59.0 Å². The van der Waals surface area contributed by atoms with E-state index in [2.05, 4.69) is 6.58 Å². The van der Waals surface area contributed by atoms with Gasteiger partial charge in [-0.25, -0.2) is 0 Å². The normalized spacial score (nSPS) is 15.6. The summed E-state index contributed by atoms with van der Waals surface area (Å²) in [5, 5.41) is 9.02. The Morgan fingerprint density at radius 1 is 1.20 bits per heavy atom. The molecule has 0 radical (unpaired) electrons. The van der Waals surface area contributed by atoms with Gasteiger partial charge in [-0.3, -0.25) is 14.5 Å². The number of carboxylic acids is 1. The van der Waals surface area contributed by atoms with Crippen LogP contribution in [0.25, 0.3) is 0 Å². The van der Waals surface area contributed by atoms with Gasteiger partial charge in [0.2, 0.25) is 5.91 Å². The van der Waals surface area contributed by atoms with Crippen molar-refractivity contribution < 1.29 is 14.7 Å². The Morgan fingerprint density at radius 3 is 2.25 bits per heavy atom. The number of carboxylic acid groups (broad SMARTS) is 1. The van der Waals surface area contributed by atoms with Gasteiger partial charge in [0.15, 0.2) is 0 Å². The third-order valence-electron chi connectivity index (χ3n) is 3.71. The van der Waals surface area contributed by atoms with E-state index in [9.17, 15) is 9.59 Å². The van der Waals surface area contributed by atoms with Gasteiger partial charge < -0.3 is 10.0 Å². The molecule has 20 heavy (non-hydrogen) atoms. The molecule has 1 aliphatic carbocycles. The minimum Gasteiger partial charge on any atom is -0.480 e. The number of nitrogens with zero attached hydrogens (tertiary/aromatic N) is 2. The number of likely N-dealkylation sites (N-methyl/N-ethyl adjacent to an activating group) is 1. The molecule has 1 N–H and O–H groups in total. The minimum atomic E-state index is -0.868. The summed E-state index contributed by atoms with van der Waals surface area (Å²) in [6.45, 7) is 8.95. The van der Waals surface area contributed by atoms with Crippen LogP contribution in [-0.2, 0) is 9.59 Å². The summed E-state index contributed by atoms with van der Waals surface area (Å²) >= 11 is 0. The highest BCUT2D eigenvalue weighted by Gasteiger charge is 2.27. The zero-order chi connectivity index (χ0) is 15.1. The highest BCUT2D eigenvalue weighted by atomic mass is 16.4. The van der Waals surface area contributed by atoms with E-state index in [1.54, 1.807) is 4.90 Å². The molecule has 0 bridgehead atoms. The van der Waals surface area contributed by atoms with E-state index in [1.807, 2.05) is 18.7 Å². The Hall–Kier alpha value is -1.36. The fourth-order valence-corrected chi connectivity index (χ4v) is 2.73. The van der Waals surface area contributed by atoms with Crippen molar-refractivity contribution in [1.29, 1.82) is 0 Å². The second-order valence-electron chi connectivity index (χ2n) is 5.60. The predicted molar refractivity (Wildman–Crippen MR) is 78.5 cm³/mol. The Balaban J connectivity index is 2.64. The zero-order valence-corrected chi connectivity index (χ0v) is 12.6. The Bertz CT molecular complexity index is 362. The molecule has 0 atom stereocenters. The van der Waals surface area contributed by atoms with Gasteiger partial charge in [0.1, 0.15) is 0 Å². The number of hydrogen-bond acceptors (Lipinski definition) is 3. The van der Waals surface area contributed by atoms with Crippen LogP contribution in [0.5, 0.6) is 0 Å². The van der Waals surface area contributed by atoms with Crippen molar-refractivity contribution in [2.45, 2.75) is 45.6 Å². The summed E-state index contributed by atoms with van der Waals surface area (Å²) in [5.41, 5.74) is 0.936. The van der Waals surface area contributed by atoms with Crippen LogP contribution in [0.1, 0.15) is 39.5 Å². The maximum Gasteiger partial charge on any atom is 0.317 e. The maximum absolute atomic E-state index is 12.3. The first kappa shape index (κ1) is 16.7. The van der Waals surface area contributed by atoms with Crippen molar-refractivity contribution >= 4 is 11.9 Å².